The number of hydrogen-bond donors (Lipinski definition) is 2. The van der Waals surface area contributed by atoms with Crippen molar-refractivity contribution in [3.8, 4) is 0 Å². The second kappa shape index (κ2) is 7.33. The van der Waals surface area contributed by atoms with Crippen LogP contribution in [-0.2, 0) is 23.3 Å². The highest BCUT2D eigenvalue weighted by atomic mass is 32.1. The third-order valence-electron chi connectivity index (χ3n) is 5.29. The normalized spacial score (nSPS) is 19.4. The second-order valence-electron chi connectivity index (χ2n) is 7.80. The van der Waals surface area contributed by atoms with Crippen molar-refractivity contribution in [1.82, 2.24) is 25.4 Å². The van der Waals surface area contributed by atoms with Crippen LogP contribution in [0.4, 0.5) is 0 Å². The van der Waals surface area contributed by atoms with Crippen LogP contribution in [0.2, 0.25) is 0 Å². The van der Waals surface area contributed by atoms with E-state index in [1.165, 1.54) is 10.4 Å². The number of fused-ring (bicyclic) bond motifs is 2. The second-order valence-corrected chi connectivity index (χ2v) is 8.85. The van der Waals surface area contributed by atoms with E-state index < -0.39 is 0 Å². The molecule has 4 rings (SSSR count). The minimum absolute atomic E-state index is 0.0250. The quantitative estimate of drug-likeness (QED) is 0.839. The van der Waals surface area contributed by atoms with Gasteiger partial charge in [-0.1, -0.05) is 0 Å². The van der Waals surface area contributed by atoms with Gasteiger partial charge in [0, 0.05) is 24.0 Å². The molecule has 2 aliphatic rings. The van der Waals surface area contributed by atoms with Gasteiger partial charge < -0.3 is 10.1 Å². The number of nitrogens with one attached hydrogen (secondary N) is 2. The van der Waals surface area contributed by atoms with Crippen molar-refractivity contribution < 1.29 is 9.53 Å². The molecule has 0 bridgehead atoms. The van der Waals surface area contributed by atoms with E-state index in [4.69, 9.17) is 4.74 Å². The van der Waals surface area contributed by atoms with Gasteiger partial charge in [0.15, 0.2) is 5.82 Å². The number of ether oxygens (including phenoxy) is 1. The number of thiophene rings is 1. The molecule has 0 radical (unpaired) electrons. The summed E-state index contributed by atoms with van der Waals surface area (Å²) in [4.78, 5) is 21.3. The lowest BCUT2D eigenvalue weighted by atomic mass is 9.85. The Kier molecular flexibility index (Phi) is 5.05. The fourth-order valence-corrected chi connectivity index (χ4v) is 5.28. The number of nitrogens with zero attached hydrogens (tertiary/aromatic N) is 3. The van der Waals surface area contributed by atoms with Gasteiger partial charge in [0.25, 0.3) is 5.91 Å². The van der Waals surface area contributed by atoms with E-state index in [9.17, 15) is 4.79 Å². The van der Waals surface area contributed by atoms with Crippen molar-refractivity contribution in [2.75, 3.05) is 19.7 Å². The lowest BCUT2D eigenvalue weighted by Crippen LogP contribution is -2.45. The number of amides is 1. The minimum Gasteiger partial charge on any atom is -0.369 e. The molecule has 7 nitrogen and oxygen atoms in total. The number of likely N-dealkylation sites (tertiary alicyclic amines) is 1. The van der Waals surface area contributed by atoms with Gasteiger partial charge in [-0.05, 0) is 51.7 Å². The molecule has 2 aliphatic heterocycles. The zero-order valence-electron chi connectivity index (χ0n) is 16.2. The molecule has 1 amide bonds. The Hall–Kier alpha value is -1.77. The van der Waals surface area contributed by atoms with E-state index in [0.29, 0.717) is 0 Å². The van der Waals surface area contributed by atoms with Crippen molar-refractivity contribution in [2.45, 2.75) is 58.2 Å². The van der Waals surface area contributed by atoms with Gasteiger partial charge in [-0.3, -0.25) is 14.8 Å². The van der Waals surface area contributed by atoms with Gasteiger partial charge >= 0.3 is 0 Å². The summed E-state index contributed by atoms with van der Waals surface area (Å²) in [6.45, 7) is 9.28. The molecule has 1 spiro atoms. The van der Waals surface area contributed by atoms with E-state index in [0.717, 1.165) is 62.0 Å². The minimum atomic E-state index is -0.236. The van der Waals surface area contributed by atoms with Crippen LogP contribution in [0.5, 0.6) is 0 Å². The van der Waals surface area contributed by atoms with E-state index >= 15 is 0 Å². The highest BCUT2D eigenvalue weighted by molar-refractivity contribution is 7.14. The number of aromatic amines is 1. The van der Waals surface area contributed by atoms with Crippen molar-refractivity contribution in [3.05, 3.63) is 33.0 Å². The van der Waals surface area contributed by atoms with Crippen LogP contribution in [0.25, 0.3) is 0 Å². The van der Waals surface area contributed by atoms with Crippen LogP contribution in [-0.4, -0.2) is 51.7 Å². The summed E-state index contributed by atoms with van der Waals surface area (Å²) >= 11 is 1.61. The van der Waals surface area contributed by atoms with E-state index in [1.54, 1.807) is 11.3 Å². The van der Waals surface area contributed by atoms with Crippen molar-refractivity contribution in [1.29, 1.82) is 0 Å². The van der Waals surface area contributed by atoms with Crippen LogP contribution in [0.15, 0.2) is 6.07 Å². The predicted molar refractivity (Wildman–Crippen MR) is 104 cm³/mol. The molecule has 1 fully saturated rings. The zero-order valence-corrected chi connectivity index (χ0v) is 17.0. The molecular weight excluding hydrogens is 362 g/mol. The highest BCUT2D eigenvalue weighted by Gasteiger charge is 2.42. The average molecular weight is 390 g/mol. The van der Waals surface area contributed by atoms with Crippen molar-refractivity contribution in [2.24, 2.45) is 0 Å². The third-order valence-corrected chi connectivity index (χ3v) is 6.65. The predicted octanol–water partition coefficient (Wildman–Crippen LogP) is 2.38. The number of carbonyl (C=O) groups is 1. The van der Waals surface area contributed by atoms with Gasteiger partial charge in [-0.2, -0.15) is 5.10 Å². The molecule has 2 aromatic heterocycles. The summed E-state index contributed by atoms with van der Waals surface area (Å²) in [5, 5.41) is 10.2. The maximum Gasteiger partial charge on any atom is 0.261 e. The molecule has 146 valence electrons. The third kappa shape index (κ3) is 3.79. The topological polar surface area (TPSA) is 83.1 Å². The molecule has 0 aliphatic carbocycles. The number of hydrogen-bond acceptors (Lipinski definition) is 6. The summed E-state index contributed by atoms with van der Waals surface area (Å²) in [7, 11) is 0. The van der Waals surface area contributed by atoms with Gasteiger partial charge in [0.1, 0.15) is 11.4 Å². The Morgan fingerprint density at radius 3 is 2.89 bits per heavy atom. The summed E-state index contributed by atoms with van der Waals surface area (Å²) in [5.41, 5.74) is 1.05. The van der Waals surface area contributed by atoms with E-state index in [-0.39, 0.29) is 17.6 Å². The number of H-pyrrole nitrogens is 1. The molecule has 8 heteroatoms. The lowest BCUT2D eigenvalue weighted by molar-refractivity contribution is -0.0963. The molecule has 0 aromatic carbocycles. The maximum absolute atomic E-state index is 12.4. The average Bonchev–Trinajstić information content (AvgIpc) is 3.24. The number of aromatic nitrogens is 3. The smallest absolute Gasteiger partial charge is 0.261 e. The van der Waals surface area contributed by atoms with Gasteiger partial charge in [0.05, 0.1) is 18.0 Å². The first-order valence-corrected chi connectivity index (χ1v) is 10.4. The van der Waals surface area contributed by atoms with Crippen LogP contribution in [0.1, 0.15) is 58.5 Å². The molecule has 0 unspecified atom stereocenters. The van der Waals surface area contributed by atoms with Crippen molar-refractivity contribution in [3.63, 3.8) is 0 Å². The van der Waals surface area contributed by atoms with Gasteiger partial charge in [0.2, 0.25) is 0 Å². The highest BCUT2D eigenvalue weighted by Crippen LogP contribution is 2.45. The summed E-state index contributed by atoms with van der Waals surface area (Å²) in [6, 6.07) is 2.22. The fourth-order valence-electron chi connectivity index (χ4n) is 3.97. The van der Waals surface area contributed by atoms with E-state index in [2.05, 4.69) is 31.5 Å². The number of rotatable bonds is 4. The molecule has 2 N–H and O–H groups in total. The monoisotopic (exact) mass is 389 g/mol. The van der Waals surface area contributed by atoms with Crippen LogP contribution in [0.3, 0.4) is 0 Å². The summed E-state index contributed by atoms with van der Waals surface area (Å²) in [5.74, 6) is 1.72. The number of carbonyl (C=O) groups excluding carboxylic acids is 1. The Morgan fingerprint density at radius 1 is 1.44 bits per heavy atom. The molecule has 0 saturated carbocycles. The summed E-state index contributed by atoms with van der Waals surface area (Å²) < 4.78 is 6.32. The van der Waals surface area contributed by atoms with Gasteiger partial charge in [-0.25, -0.2) is 4.98 Å². The Bertz CT molecular complexity index is 820. The molecule has 2 aromatic rings. The SMILES string of the molecule is Cc1nc(CN2CCC3(CC2)OCCc2cc(C(=O)NC(C)C)sc23)n[nH]1. The molecule has 0 atom stereocenters. The van der Waals surface area contributed by atoms with Gasteiger partial charge in [-0.15, -0.1) is 11.3 Å². The first-order chi connectivity index (χ1) is 12.9. The first kappa shape index (κ1) is 18.6. The maximum atomic E-state index is 12.4. The summed E-state index contributed by atoms with van der Waals surface area (Å²) in [6.07, 6.45) is 2.77. The van der Waals surface area contributed by atoms with Crippen LogP contribution >= 0.6 is 11.3 Å². The van der Waals surface area contributed by atoms with E-state index in [1.807, 2.05) is 20.8 Å². The Morgan fingerprint density at radius 2 is 2.22 bits per heavy atom. The first-order valence-electron chi connectivity index (χ1n) is 9.63. The largest absolute Gasteiger partial charge is 0.369 e. The molecule has 1 saturated heterocycles. The standard InChI is InChI=1S/C19H27N5O2S/c1-12(2)20-18(25)15-10-14-4-9-26-19(17(14)27-15)5-7-24(8-6-19)11-16-21-13(3)22-23-16/h10,12H,4-9,11H2,1-3H3,(H,20,25)(H,21,22,23). The fraction of sp³-hybridized carbons (Fsp3) is 0.632. The Labute approximate surface area is 163 Å². The molecular formula is C19H27N5O2S. The Balaban J connectivity index is 1.47. The van der Waals surface area contributed by atoms with Crippen LogP contribution < -0.4 is 5.32 Å². The zero-order chi connectivity index (χ0) is 19.0. The lowest BCUT2D eigenvalue weighted by Gasteiger charge is -2.43. The molecule has 27 heavy (non-hydrogen) atoms. The van der Waals surface area contributed by atoms with Crippen LogP contribution in [0, 0.1) is 6.92 Å². The van der Waals surface area contributed by atoms with Crippen molar-refractivity contribution >= 4 is 17.2 Å². The number of aryl methyl sites for hydroxylation is 1. The number of piperidine rings is 1. The molecule has 4 heterocycles.